The molecule has 5 nitrogen and oxygen atoms in total. The van der Waals surface area contributed by atoms with Gasteiger partial charge in [-0.3, -0.25) is 9.69 Å². The summed E-state index contributed by atoms with van der Waals surface area (Å²) in [5.74, 6) is 1.37. The van der Waals surface area contributed by atoms with E-state index < -0.39 is 0 Å². The molecule has 1 amide bonds. The largest absolute Gasteiger partial charge is 0.373 e. The van der Waals surface area contributed by atoms with E-state index in [4.69, 9.17) is 0 Å². The van der Waals surface area contributed by atoms with E-state index >= 15 is 0 Å². The lowest BCUT2D eigenvalue weighted by molar-refractivity contribution is -0.122. The van der Waals surface area contributed by atoms with Crippen molar-refractivity contribution in [2.45, 2.75) is 20.4 Å². The Morgan fingerprint density at radius 1 is 1.42 bits per heavy atom. The number of rotatable bonds is 7. The Hall–Kier alpha value is -1.62. The van der Waals surface area contributed by atoms with Crippen LogP contribution in [0.25, 0.3) is 0 Å². The van der Waals surface area contributed by atoms with Crippen molar-refractivity contribution < 1.29 is 4.79 Å². The average Bonchev–Trinajstić information content (AvgIpc) is 2.36. The molecule has 0 saturated heterocycles. The van der Waals surface area contributed by atoms with Gasteiger partial charge in [-0.05, 0) is 25.1 Å². The smallest absolute Gasteiger partial charge is 0.234 e. The van der Waals surface area contributed by atoms with Gasteiger partial charge in [-0.1, -0.05) is 19.9 Å². The number of hydrogen-bond acceptors (Lipinski definition) is 4. The highest BCUT2D eigenvalue weighted by Crippen LogP contribution is 2.05. The number of carbonyl (C=O) groups excluding carboxylic acids is 1. The second-order valence-electron chi connectivity index (χ2n) is 5.13. The van der Waals surface area contributed by atoms with Gasteiger partial charge in [0.05, 0.1) is 12.2 Å². The minimum absolute atomic E-state index is 0.0565. The van der Waals surface area contributed by atoms with Crippen LogP contribution in [0.3, 0.4) is 0 Å². The van der Waals surface area contributed by atoms with Crippen molar-refractivity contribution >= 4 is 11.7 Å². The minimum atomic E-state index is 0.0565. The van der Waals surface area contributed by atoms with Gasteiger partial charge in [0.15, 0.2) is 0 Å². The highest BCUT2D eigenvalue weighted by Gasteiger charge is 2.08. The molecule has 0 fully saturated rings. The second kappa shape index (κ2) is 7.74. The molecule has 0 aromatic carbocycles. The van der Waals surface area contributed by atoms with Crippen LogP contribution in [0.2, 0.25) is 0 Å². The van der Waals surface area contributed by atoms with Gasteiger partial charge in [0.2, 0.25) is 5.91 Å². The predicted octanol–water partition coefficient (Wildman–Crippen LogP) is 1.33. The van der Waals surface area contributed by atoms with Gasteiger partial charge >= 0.3 is 0 Å². The standard InChI is InChI=1S/C14H24N4O/c1-11(2)8-16-14(19)10-18(4)9-12-6-5-7-13(15-3)17-12/h5-7,11H,8-10H2,1-4H3,(H,15,17)(H,16,19). The molecule has 0 aliphatic rings. The zero-order valence-electron chi connectivity index (χ0n) is 12.2. The fourth-order valence-corrected chi connectivity index (χ4v) is 1.66. The van der Waals surface area contributed by atoms with Gasteiger partial charge in [-0.15, -0.1) is 0 Å². The quantitative estimate of drug-likeness (QED) is 0.780. The monoisotopic (exact) mass is 264 g/mol. The van der Waals surface area contributed by atoms with Crippen LogP contribution in [0.1, 0.15) is 19.5 Å². The van der Waals surface area contributed by atoms with Gasteiger partial charge in [0.1, 0.15) is 5.82 Å². The lowest BCUT2D eigenvalue weighted by Gasteiger charge is -2.16. The van der Waals surface area contributed by atoms with E-state index in [-0.39, 0.29) is 5.91 Å². The molecule has 5 heteroatoms. The third-order valence-electron chi connectivity index (χ3n) is 2.62. The molecule has 0 spiro atoms. The fourth-order valence-electron chi connectivity index (χ4n) is 1.66. The van der Waals surface area contributed by atoms with Crippen molar-refractivity contribution in [2.75, 3.05) is 32.5 Å². The van der Waals surface area contributed by atoms with E-state index in [2.05, 4.69) is 29.5 Å². The summed E-state index contributed by atoms with van der Waals surface area (Å²) in [5.41, 5.74) is 0.950. The van der Waals surface area contributed by atoms with Crippen LogP contribution in [0.15, 0.2) is 18.2 Å². The maximum absolute atomic E-state index is 11.7. The molecular formula is C14H24N4O. The number of amides is 1. The Morgan fingerprint density at radius 3 is 2.79 bits per heavy atom. The van der Waals surface area contributed by atoms with Crippen molar-refractivity contribution in [3.63, 3.8) is 0 Å². The summed E-state index contributed by atoms with van der Waals surface area (Å²) in [5, 5.41) is 5.91. The van der Waals surface area contributed by atoms with Crippen molar-refractivity contribution in [1.29, 1.82) is 0 Å². The van der Waals surface area contributed by atoms with E-state index in [0.29, 0.717) is 19.0 Å². The van der Waals surface area contributed by atoms with Gasteiger partial charge < -0.3 is 10.6 Å². The summed E-state index contributed by atoms with van der Waals surface area (Å²) in [4.78, 5) is 18.1. The van der Waals surface area contributed by atoms with E-state index in [0.717, 1.165) is 18.1 Å². The first kappa shape index (κ1) is 15.4. The first-order valence-corrected chi connectivity index (χ1v) is 6.60. The molecule has 106 valence electrons. The van der Waals surface area contributed by atoms with Crippen molar-refractivity contribution in [3.05, 3.63) is 23.9 Å². The van der Waals surface area contributed by atoms with Gasteiger partial charge in [0.25, 0.3) is 0 Å². The zero-order valence-corrected chi connectivity index (χ0v) is 12.2. The minimum Gasteiger partial charge on any atom is -0.373 e. The molecule has 1 aromatic rings. The van der Waals surface area contributed by atoms with Gasteiger partial charge in [-0.2, -0.15) is 0 Å². The average molecular weight is 264 g/mol. The second-order valence-corrected chi connectivity index (χ2v) is 5.13. The SMILES string of the molecule is CNc1cccc(CN(C)CC(=O)NCC(C)C)n1. The zero-order chi connectivity index (χ0) is 14.3. The number of pyridine rings is 1. The van der Waals surface area contributed by atoms with Crippen LogP contribution in [-0.2, 0) is 11.3 Å². The molecule has 1 aromatic heterocycles. The molecule has 0 radical (unpaired) electrons. The third-order valence-corrected chi connectivity index (χ3v) is 2.62. The van der Waals surface area contributed by atoms with Crippen LogP contribution < -0.4 is 10.6 Å². The first-order valence-electron chi connectivity index (χ1n) is 6.60. The Labute approximate surface area is 115 Å². The summed E-state index contributed by atoms with van der Waals surface area (Å²) < 4.78 is 0. The Kier molecular flexibility index (Phi) is 6.29. The maximum Gasteiger partial charge on any atom is 0.234 e. The summed E-state index contributed by atoms with van der Waals surface area (Å²) in [6.45, 7) is 5.93. The molecular weight excluding hydrogens is 240 g/mol. The van der Waals surface area contributed by atoms with E-state index in [1.54, 1.807) is 0 Å². The normalized spacial score (nSPS) is 10.8. The fraction of sp³-hybridized carbons (Fsp3) is 0.571. The maximum atomic E-state index is 11.7. The van der Waals surface area contributed by atoms with Crippen LogP contribution in [-0.4, -0.2) is 43.0 Å². The van der Waals surface area contributed by atoms with Crippen LogP contribution in [0.4, 0.5) is 5.82 Å². The molecule has 1 rings (SSSR count). The lowest BCUT2D eigenvalue weighted by Crippen LogP contribution is -2.36. The number of anilines is 1. The summed E-state index contributed by atoms with van der Waals surface area (Å²) in [7, 11) is 3.76. The molecule has 0 aliphatic heterocycles. The molecule has 2 N–H and O–H groups in total. The summed E-state index contributed by atoms with van der Waals surface area (Å²) in [6, 6.07) is 5.84. The van der Waals surface area contributed by atoms with Crippen LogP contribution >= 0.6 is 0 Å². The van der Waals surface area contributed by atoms with Crippen molar-refractivity contribution in [1.82, 2.24) is 15.2 Å². The highest BCUT2D eigenvalue weighted by molar-refractivity contribution is 5.77. The Bertz CT molecular complexity index is 406. The number of likely N-dealkylation sites (N-methyl/N-ethyl adjacent to an activating group) is 1. The van der Waals surface area contributed by atoms with Gasteiger partial charge in [-0.25, -0.2) is 4.98 Å². The molecule has 1 heterocycles. The number of hydrogen-bond donors (Lipinski definition) is 2. The van der Waals surface area contributed by atoms with Gasteiger partial charge in [0, 0.05) is 20.1 Å². The molecule has 0 atom stereocenters. The summed E-state index contributed by atoms with van der Waals surface area (Å²) in [6.07, 6.45) is 0. The Morgan fingerprint density at radius 2 is 2.16 bits per heavy atom. The lowest BCUT2D eigenvalue weighted by atomic mass is 10.2. The first-order chi connectivity index (χ1) is 9.01. The molecule has 0 unspecified atom stereocenters. The highest BCUT2D eigenvalue weighted by atomic mass is 16.2. The number of nitrogens with zero attached hydrogens (tertiary/aromatic N) is 2. The summed E-state index contributed by atoms with van der Waals surface area (Å²) >= 11 is 0. The van der Waals surface area contributed by atoms with E-state index in [1.807, 2.05) is 37.2 Å². The van der Waals surface area contributed by atoms with Crippen LogP contribution in [0, 0.1) is 5.92 Å². The number of nitrogens with one attached hydrogen (secondary N) is 2. The number of carbonyl (C=O) groups is 1. The Balaban J connectivity index is 2.41. The third kappa shape index (κ3) is 6.20. The predicted molar refractivity (Wildman–Crippen MR) is 78.0 cm³/mol. The van der Waals surface area contributed by atoms with Crippen LogP contribution in [0.5, 0.6) is 0 Å². The topological polar surface area (TPSA) is 57.3 Å². The van der Waals surface area contributed by atoms with E-state index in [9.17, 15) is 4.79 Å². The number of aromatic nitrogens is 1. The van der Waals surface area contributed by atoms with Crippen molar-refractivity contribution in [2.24, 2.45) is 5.92 Å². The molecule has 0 bridgehead atoms. The molecule has 0 saturated carbocycles. The molecule has 19 heavy (non-hydrogen) atoms. The van der Waals surface area contributed by atoms with Crippen molar-refractivity contribution in [3.8, 4) is 0 Å². The van der Waals surface area contributed by atoms with E-state index in [1.165, 1.54) is 0 Å². The molecule has 0 aliphatic carbocycles.